The molecule has 0 amide bonds. The summed E-state index contributed by atoms with van der Waals surface area (Å²) in [5.41, 5.74) is 3.66. The van der Waals surface area contributed by atoms with Gasteiger partial charge in [-0.3, -0.25) is 4.98 Å². The van der Waals surface area contributed by atoms with Crippen LogP contribution in [0, 0.1) is 6.92 Å². The monoisotopic (exact) mass is 227 g/mol. The summed E-state index contributed by atoms with van der Waals surface area (Å²) in [6.07, 6.45) is 4.42. The lowest BCUT2D eigenvalue weighted by Crippen LogP contribution is -1.96. The van der Waals surface area contributed by atoms with Crippen LogP contribution in [0.3, 0.4) is 0 Å². The van der Waals surface area contributed by atoms with E-state index < -0.39 is 5.97 Å². The fraction of sp³-hybridized carbons (Fsp3) is 0.143. The molecule has 0 aliphatic rings. The third-order valence-electron chi connectivity index (χ3n) is 2.54. The highest BCUT2D eigenvalue weighted by Gasteiger charge is 2.02. The first-order chi connectivity index (χ1) is 8.15. The Kier molecular flexibility index (Phi) is 3.19. The molecule has 0 fully saturated rings. The second-order valence-corrected chi connectivity index (χ2v) is 4.05. The Morgan fingerprint density at radius 3 is 2.47 bits per heavy atom. The number of nitrogens with zero attached hydrogens (tertiary/aromatic N) is 1. The molecule has 17 heavy (non-hydrogen) atoms. The van der Waals surface area contributed by atoms with E-state index in [0.717, 1.165) is 23.1 Å². The van der Waals surface area contributed by atoms with Crippen LogP contribution < -0.4 is 0 Å². The number of pyridine rings is 1. The van der Waals surface area contributed by atoms with Gasteiger partial charge in [-0.1, -0.05) is 18.2 Å². The molecule has 0 saturated carbocycles. The molecule has 3 heteroatoms. The predicted octanol–water partition coefficient (Wildman–Crippen LogP) is 2.68. The Hall–Kier alpha value is -2.16. The van der Waals surface area contributed by atoms with E-state index in [4.69, 9.17) is 5.11 Å². The van der Waals surface area contributed by atoms with Crippen molar-refractivity contribution in [1.29, 1.82) is 0 Å². The second-order valence-electron chi connectivity index (χ2n) is 4.05. The molecule has 0 radical (unpaired) electrons. The van der Waals surface area contributed by atoms with Crippen molar-refractivity contribution in [2.45, 2.75) is 13.3 Å². The lowest BCUT2D eigenvalue weighted by atomic mass is 10.0. The van der Waals surface area contributed by atoms with Gasteiger partial charge in [-0.25, -0.2) is 4.79 Å². The number of hydrogen-bond donors (Lipinski definition) is 1. The maximum absolute atomic E-state index is 10.7. The minimum Gasteiger partial charge on any atom is -0.478 e. The normalized spacial score (nSPS) is 10.2. The van der Waals surface area contributed by atoms with Crippen LogP contribution in [0.2, 0.25) is 0 Å². The minimum atomic E-state index is -0.895. The molecule has 0 saturated heterocycles. The third-order valence-corrected chi connectivity index (χ3v) is 2.54. The molecule has 0 bridgehead atoms. The molecule has 0 atom stereocenters. The Morgan fingerprint density at radius 1 is 1.18 bits per heavy atom. The van der Waals surface area contributed by atoms with Crippen molar-refractivity contribution >= 4 is 5.97 Å². The molecule has 1 N–H and O–H groups in total. The highest BCUT2D eigenvalue weighted by molar-refractivity contribution is 5.87. The van der Waals surface area contributed by atoms with E-state index >= 15 is 0 Å². The maximum Gasteiger partial charge on any atom is 0.335 e. The first kappa shape index (κ1) is 11.3. The number of hydrogen-bond acceptors (Lipinski definition) is 2. The fourth-order valence-corrected chi connectivity index (χ4v) is 1.72. The summed E-state index contributed by atoms with van der Waals surface area (Å²) in [6.45, 7) is 2.00. The molecule has 0 aliphatic carbocycles. The average Bonchev–Trinajstić information content (AvgIpc) is 2.29. The molecule has 0 spiro atoms. The van der Waals surface area contributed by atoms with Gasteiger partial charge in [-0.05, 0) is 42.2 Å². The molecule has 1 aromatic carbocycles. The smallest absolute Gasteiger partial charge is 0.335 e. The number of carboxylic acid groups (broad SMARTS) is 1. The van der Waals surface area contributed by atoms with Gasteiger partial charge in [0.15, 0.2) is 0 Å². The highest BCUT2D eigenvalue weighted by Crippen LogP contribution is 2.11. The lowest BCUT2D eigenvalue weighted by molar-refractivity contribution is 0.0697. The molecule has 2 aromatic rings. The number of rotatable bonds is 3. The second kappa shape index (κ2) is 4.78. The summed E-state index contributed by atoms with van der Waals surface area (Å²) >= 11 is 0. The zero-order valence-electron chi connectivity index (χ0n) is 9.55. The Bertz CT molecular complexity index is 532. The van der Waals surface area contributed by atoms with E-state index in [0.29, 0.717) is 5.56 Å². The zero-order valence-corrected chi connectivity index (χ0v) is 9.55. The minimum absolute atomic E-state index is 0.316. The first-order valence-electron chi connectivity index (χ1n) is 5.38. The molecule has 86 valence electrons. The molecule has 1 heterocycles. The lowest BCUT2D eigenvalue weighted by Gasteiger charge is -2.03. The SMILES string of the molecule is Cc1cncc(Cc2ccc(C(=O)O)cc2)c1. The van der Waals surface area contributed by atoms with Gasteiger partial charge in [-0.15, -0.1) is 0 Å². The van der Waals surface area contributed by atoms with Gasteiger partial charge in [-0.2, -0.15) is 0 Å². The molecular formula is C14H13NO2. The van der Waals surface area contributed by atoms with Gasteiger partial charge < -0.3 is 5.11 Å². The number of carboxylic acids is 1. The van der Waals surface area contributed by atoms with Gasteiger partial charge in [0.1, 0.15) is 0 Å². The summed E-state index contributed by atoms with van der Waals surface area (Å²) in [7, 11) is 0. The van der Waals surface area contributed by atoms with Gasteiger partial charge >= 0.3 is 5.97 Å². The van der Waals surface area contributed by atoms with E-state index in [-0.39, 0.29) is 0 Å². The van der Waals surface area contributed by atoms with Crippen LogP contribution in [0.25, 0.3) is 0 Å². The molecule has 2 rings (SSSR count). The van der Waals surface area contributed by atoms with Crippen molar-refractivity contribution in [3.63, 3.8) is 0 Å². The van der Waals surface area contributed by atoms with Crippen molar-refractivity contribution in [3.8, 4) is 0 Å². The van der Waals surface area contributed by atoms with Crippen molar-refractivity contribution in [1.82, 2.24) is 4.98 Å². The molecule has 0 aliphatic heterocycles. The number of aromatic carboxylic acids is 1. The summed E-state index contributed by atoms with van der Waals surface area (Å²) in [5.74, 6) is -0.895. The maximum atomic E-state index is 10.7. The predicted molar refractivity (Wildman–Crippen MR) is 65.2 cm³/mol. The number of benzene rings is 1. The first-order valence-corrected chi connectivity index (χ1v) is 5.38. The van der Waals surface area contributed by atoms with Crippen LogP contribution in [-0.2, 0) is 6.42 Å². The van der Waals surface area contributed by atoms with E-state index in [2.05, 4.69) is 11.1 Å². The number of aryl methyl sites for hydroxylation is 1. The third kappa shape index (κ3) is 2.91. The summed E-state index contributed by atoms with van der Waals surface area (Å²) < 4.78 is 0. The van der Waals surface area contributed by atoms with E-state index in [1.165, 1.54) is 0 Å². The van der Waals surface area contributed by atoms with Crippen LogP contribution in [0.15, 0.2) is 42.7 Å². The Morgan fingerprint density at radius 2 is 1.88 bits per heavy atom. The van der Waals surface area contributed by atoms with Gasteiger partial charge in [0, 0.05) is 12.4 Å². The van der Waals surface area contributed by atoms with E-state index in [1.807, 2.05) is 31.5 Å². The van der Waals surface area contributed by atoms with Crippen LogP contribution in [0.1, 0.15) is 27.0 Å². The van der Waals surface area contributed by atoms with Crippen LogP contribution in [-0.4, -0.2) is 16.1 Å². The largest absolute Gasteiger partial charge is 0.478 e. The highest BCUT2D eigenvalue weighted by atomic mass is 16.4. The topological polar surface area (TPSA) is 50.2 Å². The standard InChI is InChI=1S/C14H13NO2/c1-10-6-12(9-15-8-10)7-11-2-4-13(5-3-11)14(16)17/h2-6,8-9H,7H2,1H3,(H,16,17). The molecule has 0 unspecified atom stereocenters. The van der Waals surface area contributed by atoms with Crippen LogP contribution >= 0.6 is 0 Å². The van der Waals surface area contributed by atoms with E-state index in [9.17, 15) is 4.79 Å². The number of carbonyl (C=O) groups is 1. The van der Waals surface area contributed by atoms with Crippen molar-refractivity contribution in [3.05, 3.63) is 65.0 Å². The molecule has 1 aromatic heterocycles. The van der Waals surface area contributed by atoms with Crippen LogP contribution in [0.4, 0.5) is 0 Å². The molecule has 3 nitrogen and oxygen atoms in total. The molecular weight excluding hydrogens is 214 g/mol. The average molecular weight is 227 g/mol. The van der Waals surface area contributed by atoms with Crippen LogP contribution in [0.5, 0.6) is 0 Å². The summed E-state index contributed by atoms with van der Waals surface area (Å²) in [4.78, 5) is 14.8. The Labute approximate surface area is 99.8 Å². The van der Waals surface area contributed by atoms with Crippen molar-refractivity contribution in [2.24, 2.45) is 0 Å². The fourth-order valence-electron chi connectivity index (χ4n) is 1.72. The van der Waals surface area contributed by atoms with Gasteiger partial charge in [0.25, 0.3) is 0 Å². The van der Waals surface area contributed by atoms with Gasteiger partial charge in [0.2, 0.25) is 0 Å². The van der Waals surface area contributed by atoms with Crippen molar-refractivity contribution < 1.29 is 9.90 Å². The Balaban J connectivity index is 2.16. The summed E-state index contributed by atoms with van der Waals surface area (Å²) in [5, 5.41) is 8.79. The zero-order chi connectivity index (χ0) is 12.3. The van der Waals surface area contributed by atoms with E-state index in [1.54, 1.807) is 12.1 Å². The van der Waals surface area contributed by atoms with Crippen molar-refractivity contribution in [2.75, 3.05) is 0 Å². The van der Waals surface area contributed by atoms with Gasteiger partial charge in [0.05, 0.1) is 5.56 Å². The number of aromatic nitrogens is 1. The quantitative estimate of drug-likeness (QED) is 0.877. The summed E-state index contributed by atoms with van der Waals surface area (Å²) in [6, 6.07) is 9.01.